The van der Waals surface area contributed by atoms with E-state index in [1.54, 1.807) is 19.5 Å². The molecule has 1 atom stereocenters. The van der Waals surface area contributed by atoms with Crippen LogP contribution in [0.3, 0.4) is 0 Å². The third-order valence-corrected chi connectivity index (χ3v) is 4.54. The Labute approximate surface area is 136 Å². The minimum Gasteiger partial charge on any atom is -0.496 e. The second kappa shape index (κ2) is 7.42. The zero-order chi connectivity index (χ0) is 16.1. The van der Waals surface area contributed by atoms with Gasteiger partial charge in [-0.3, -0.25) is 14.7 Å². The molecule has 2 heterocycles. The topological polar surface area (TPSA) is 58.2 Å². The molecular formula is C18H23N3O2. The first kappa shape index (κ1) is 15.7. The number of benzene rings is 1. The summed E-state index contributed by atoms with van der Waals surface area (Å²) in [7, 11) is 1.72. The van der Waals surface area contributed by atoms with Gasteiger partial charge in [-0.15, -0.1) is 0 Å². The minimum atomic E-state index is -0.0787. The lowest BCUT2D eigenvalue weighted by molar-refractivity contribution is 0.308. The molecule has 0 amide bonds. The average Bonchev–Trinajstić information content (AvgIpc) is 3.03. The molecule has 1 N–H and O–H groups in total. The predicted octanol–water partition coefficient (Wildman–Crippen LogP) is 2.23. The molecule has 0 bridgehead atoms. The smallest absolute Gasteiger partial charge is 0.270 e. The van der Waals surface area contributed by atoms with Crippen molar-refractivity contribution in [3.05, 3.63) is 58.3 Å². The number of ether oxygens (including phenoxy) is 1. The van der Waals surface area contributed by atoms with Crippen molar-refractivity contribution < 1.29 is 4.74 Å². The van der Waals surface area contributed by atoms with E-state index in [9.17, 15) is 4.79 Å². The Morgan fingerprint density at radius 1 is 1.39 bits per heavy atom. The van der Waals surface area contributed by atoms with Crippen LogP contribution < -0.4 is 10.3 Å². The third kappa shape index (κ3) is 3.99. The van der Waals surface area contributed by atoms with Crippen molar-refractivity contribution in [2.75, 3.05) is 20.2 Å². The molecule has 122 valence electrons. The lowest BCUT2D eigenvalue weighted by Gasteiger charge is -2.15. The number of nitrogens with zero attached hydrogens (tertiary/aromatic N) is 2. The summed E-state index contributed by atoms with van der Waals surface area (Å²) in [6, 6.07) is 8.22. The van der Waals surface area contributed by atoms with Gasteiger partial charge in [0, 0.05) is 25.5 Å². The highest BCUT2D eigenvalue weighted by Gasteiger charge is 2.23. The molecule has 2 aromatic rings. The number of para-hydroxylation sites is 1. The molecule has 1 fully saturated rings. The van der Waals surface area contributed by atoms with Gasteiger partial charge in [-0.1, -0.05) is 18.2 Å². The molecule has 1 aromatic heterocycles. The summed E-state index contributed by atoms with van der Waals surface area (Å²) >= 11 is 0. The molecule has 1 unspecified atom stereocenters. The fourth-order valence-electron chi connectivity index (χ4n) is 3.27. The lowest BCUT2D eigenvalue weighted by atomic mass is 9.98. The summed E-state index contributed by atoms with van der Waals surface area (Å²) in [5.74, 6) is 1.64. The number of aryl methyl sites for hydroxylation is 1. The Kier molecular flexibility index (Phi) is 5.08. The molecule has 1 aliphatic heterocycles. The summed E-state index contributed by atoms with van der Waals surface area (Å²) in [6.07, 6.45) is 6.58. The molecule has 5 heteroatoms. The van der Waals surface area contributed by atoms with Gasteiger partial charge in [-0.2, -0.15) is 0 Å². The van der Waals surface area contributed by atoms with E-state index in [4.69, 9.17) is 4.74 Å². The Bertz CT molecular complexity index is 698. The summed E-state index contributed by atoms with van der Waals surface area (Å²) in [6.45, 7) is 2.71. The van der Waals surface area contributed by atoms with Crippen LogP contribution in [0.5, 0.6) is 5.75 Å². The Balaban J connectivity index is 1.52. The van der Waals surface area contributed by atoms with Gasteiger partial charge in [0.25, 0.3) is 5.56 Å². The molecule has 5 nitrogen and oxygen atoms in total. The summed E-state index contributed by atoms with van der Waals surface area (Å²) in [5.41, 5.74) is 1.80. The van der Waals surface area contributed by atoms with Crippen molar-refractivity contribution >= 4 is 0 Å². The van der Waals surface area contributed by atoms with Crippen molar-refractivity contribution in [3.8, 4) is 5.75 Å². The van der Waals surface area contributed by atoms with E-state index in [2.05, 4.69) is 27.0 Å². The molecule has 0 aliphatic carbocycles. The standard InChI is InChI=1S/C18H23N3O2/c1-23-17-5-3-2-4-15(17)7-6-14-8-11-21(12-14)13-16-18(22)20-10-9-19-16/h2-5,9-10,14H,6-8,11-13H2,1H3,(H,20,22). The maximum Gasteiger partial charge on any atom is 0.270 e. The van der Waals surface area contributed by atoms with E-state index < -0.39 is 0 Å². The molecule has 0 spiro atoms. The van der Waals surface area contributed by atoms with E-state index in [1.807, 2.05) is 12.1 Å². The van der Waals surface area contributed by atoms with Gasteiger partial charge < -0.3 is 9.72 Å². The first-order chi connectivity index (χ1) is 11.3. The van der Waals surface area contributed by atoms with E-state index >= 15 is 0 Å². The number of rotatable bonds is 6. The molecule has 3 rings (SSSR count). The summed E-state index contributed by atoms with van der Waals surface area (Å²) in [5, 5.41) is 0. The number of H-pyrrole nitrogens is 1. The molecule has 0 saturated carbocycles. The van der Waals surface area contributed by atoms with Crippen LogP contribution >= 0.6 is 0 Å². The fourth-order valence-corrected chi connectivity index (χ4v) is 3.27. The maximum absolute atomic E-state index is 11.7. The molecule has 23 heavy (non-hydrogen) atoms. The van der Waals surface area contributed by atoms with Crippen molar-refractivity contribution in [1.82, 2.24) is 14.9 Å². The average molecular weight is 313 g/mol. The van der Waals surface area contributed by atoms with Gasteiger partial charge in [-0.25, -0.2) is 0 Å². The van der Waals surface area contributed by atoms with E-state index in [-0.39, 0.29) is 5.56 Å². The van der Waals surface area contributed by atoms with Crippen LogP contribution in [-0.2, 0) is 13.0 Å². The van der Waals surface area contributed by atoms with Gasteiger partial charge in [0.05, 0.1) is 7.11 Å². The Morgan fingerprint density at radius 3 is 3.09 bits per heavy atom. The highest BCUT2D eigenvalue weighted by Crippen LogP contribution is 2.25. The zero-order valence-corrected chi connectivity index (χ0v) is 13.5. The van der Waals surface area contributed by atoms with Crippen LogP contribution in [0.15, 0.2) is 41.5 Å². The Morgan fingerprint density at radius 2 is 2.26 bits per heavy atom. The van der Waals surface area contributed by atoms with Crippen LogP contribution in [0.1, 0.15) is 24.1 Å². The molecule has 1 aromatic carbocycles. The first-order valence-corrected chi connectivity index (χ1v) is 8.13. The summed E-state index contributed by atoms with van der Waals surface area (Å²) < 4.78 is 5.42. The number of nitrogens with one attached hydrogen (secondary N) is 1. The number of aromatic amines is 1. The van der Waals surface area contributed by atoms with Crippen LogP contribution in [0, 0.1) is 5.92 Å². The molecule has 1 aliphatic rings. The van der Waals surface area contributed by atoms with E-state index in [1.165, 1.54) is 12.0 Å². The number of likely N-dealkylation sites (tertiary alicyclic amines) is 1. The summed E-state index contributed by atoms with van der Waals surface area (Å²) in [4.78, 5) is 20.9. The second-order valence-electron chi connectivity index (χ2n) is 6.11. The van der Waals surface area contributed by atoms with Gasteiger partial charge >= 0.3 is 0 Å². The highest BCUT2D eigenvalue weighted by atomic mass is 16.5. The zero-order valence-electron chi connectivity index (χ0n) is 13.5. The normalized spacial score (nSPS) is 18.2. The highest BCUT2D eigenvalue weighted by molar-refractivity contribution is 5.33. The maximum atomic E-state index is 11.7. The SMILES string of the molecule is COc1ccccc1CCC1CCN(Cc2ncc[nH]c2=O)C1. The van der Waals surface area contributed by atoms with Gasteiger partial charge in [-0.05, 0) is 43.4 Å². The van der Waals surface area contributed by atoms with Crippen molar-refractivity contribution in [3.63, 3.8) is 0 Å². The largest absolute Gasteiger partial charge is 0.496 e. The van der Waals surface area contributed by atoms with E-state index in [0.717, 1.165) is 31.7 Å². The number of aromatic nitrogens is 2. The van der Waals surface area contributed by atoms with Crippen molar-refractivity contribution in [2.45, 2.75) is 25.8 Å². The van der Waals surface area contributed by atoms with Crippen LogP contribution in [0.2, 0.25) is 0 Å². The first-order valence-electron chi connectivity index (χ1n) is 8.13. The number of hydrogen-bond acceptors (Lipinski definition) is 4. The van der Waals surface area contributed by atoms with Crippen LogP contribution in [-0.4, -0.2) is 35.1 Å². The molecular weight excluding hydrogens is 290 g/mol. The number of hydrogen-bond donors (Lipinski definition) is 1. The molecule has 0 radical (unpaired) electrons. The quantitative estimate of drug-likeness (QED) is 0.888. The van der Waals surface area contributed by atoms with Gasteiger partial charge in [0.15, 0.2) is 0 Å². The van der Waals surface area contributed by atoms with Gasteiger partial charge in [0.2, 0.25) is 0 Å². The monoisotopic (exact) mass is 313 g/mol. The minimum absolute atomic E-state index is 0.0787. The third-order valence-electron chi connectivity index (χ3n) is 4.54. The van der Waals surface area contributed by atoms with E-state index in [0.29, 0.717) is 18.2 Å². The van der Waals surface area contributed by atoms with Gasteiger partial charge in [0.1, 0.15) is 11.4 Å². The second-order valence-corrected chi connectivity index (χ2v) is 6.11. The van der Waals surface area contributed by atoms with Crippen molar-refractivity contribution in [2.24, 2.45) is 5.92 Å². The Hall–Kier alpha value is -2.14. The van der Waals surface area contributed by atoms with Crippen LogP contribution in [0.25, 0.3) is 0 Å². The van der Waals surface area contributed by atoms with Crippen molar-refractivity contribution in [1.29, 1.82) is 0 Å². The van der Waals surface area contributed by atoms with Crippen LogP contribution in [0.4, 0.5) is 0 Å². The molecule has 1 saturated heterocycles. The predicted molar refractivity (Wildman–Crippen MR) is 89.6 cm³/mol. The number of methoxy groups -OCH3 is 1. The lowest BCUT2D eigenvalue weighted by Crippen LogP contribution is -2.26. The fraction of sp³-hybridized carbons (Fsp3) is 0.444.